The predicted molar refractivity (Wildman–Crippen MR) is 72.7 cm³/mol. The Bertz CT molecular complexity index is 583. The summed E-state index contributed by atoms with van der Waals surface area (Å²) in [5, 5.41) is 11.3. The van der Waals surface area contributed by atoms with Gasteiger partial charge in [-0.05, 0) is 37.1 Å². The molecule has 2 rings (SSSR count). The number of nitrogens with one attached hydrogen (secondary N) is 1. The molecule has 6 nitrogen and oxygen atoms in total. The highest BCUT2D eigenvalue weighted by molar-refractivity contribution is 6.04. The molecule has 1 atom stereocenters. The molecule has 2 amide bonds. The third kappa shape index (κ3) is 2.49. The average molecular weight is 276 g/mol. The van der Waals surface area contributed by atoms with Crippen molar-refractivity contribution in [1.29, 1.82) is 0 Å². The highest BCUT2D eigenvalue weighted by atomic mass is 16.4. The molecule has 0 aliphatic carbocycles. The number of carboxylic acids is 1. The maximum Gasteiger partial charge on any atom is 0.335 e. The van der Waals surface area contributed by atoms with E-state index in [1.807, 2.05) is 6.92 Å². The number of carbonyl (C=O) groups is 3. The molecule has 6 heteroatoms. The van der Waals surface area contributed by atoms with Gasteiger partial charge < -0.3 is 10.0 Å². The zero-order valence-electron chi connectivity index (χ0n) is 11.3. The Morgan fingerprint density at radius 1 is 1.45 bits per heavy atom. The standard InChI is InChI=1S/C14H16N2O4/c1-3-11-13(18)15-12(17)7-16(11)9-4-5-10(14(19)20)8(2)6-9/h4-6,11H,3,7H2,1-2H3,(H,19,20)(H,15,17,18). The minimum Gasteiger partial charge on any atom is -0.478 e. The first-order chi connectivity index (χ1) is 9.43. The summed E-state index contributed by atoms with van der Waals surface area (Å²) in [6.07, 6.45) is 0.568. The molecule has 1 aromatic carbocycles. The average Bonchev–Trinajstić information content (AvgIpc) is 2.37. The summed E-state index contributed by atoms with van der Waals surface area (Å²) in [5.41, 5.74) is 1.50. The molecule has 1 heterocycles. The maximum atomic E-state index is 11.8. The Labute approximate surface area is 116 Å². The molecule has 1 aromatic rings. The molecular weight excluding hydrogens is 260 g/mol. The van der Waals surface area contributed by atoms with Crippen molar-refractivity contribution in [2.45, 2.75) is 26.3 Å². The van der Waals surface area contributed by atoms with E-state index >= 15 is 0 Å². The summed E-state index contributed by atoms with van der Waals surface area (Å²) in [6.45, 7) is 3.65. The van der Waals surface area contributed by atoms with E-state index in [-0.39, 0.29) is 23.9 Å². The van der Waals surface area contributed by atoms with E-state index in [1.54, 1.807) is 24.0 Å². The van der Waals surface area contributed by atoms with Gasteiger partial charge in [-0.1, -0.05) is 6.92 Å². The predicted octanol–water partition coefficient (Wildman–Crippen LogP) is 0.935. The summed E-state index contributed by atoms with van der Waals surface area (Å²) < 4.78 is 0. The second-order valence-corrected chi connectivity index (χ2v) is 4.77. The molecule has 1 unspecified atom stereocenters. The number of imide groups is 1. The number of rotatable bonds is 3. The molecule has 1 aliphatic rings. The van der Waals surface area contributed by atoms with E-state index in [4.69, 9.17) is 5.11 Å². The van der Waals surface area contributed by atoms with Crippen LogP contribution in [-0.2, 0) is 9.59 Å². The highest BCUT2D eigenvalue weighted by Gasteiger charge is 2.32. The number of aryl methyl sites for hydroxylation is 1. The first kappa shape index (κ1) is 14.0. The molecule has 0 aromatic heterocycles. The third-order valence-corrected chi connectivity index (χ3v) is 3.41. The minimum atomic E-state index is -0.992. The van der Waals surface area contributed by atoms with Crippen LogP contribution in [0.4, 0.5) is 5.69 Å². The van der Waals surface area contributed by atoms with Gasteiger partial charge >= 0.3 is 5.97 Å². The fraction of sp³-hybridized carbons (Fsp3) is 0.357. The number of amides is 2. The topological polar surface area (TPSA) is 86.7 Å². The maximum absolute atomic E-state index is 11.8. The highest BCUT2D eigenvalue weighted by Crippen LogP contribution is 2.23. The quantitative estimate of drug-likeness (QED) is 0.802. The van der Waals surface area contributed by atoms with Gasteiger partial charge in [-0.15, -0.1) is 0 Å². The summed E-state index contributed by atoms with van der Waals surface area (Å²) in [7, 11) is 0. The van der Waals surface area contributed by atoms with Crippen molar-refractivity contribution < 1.29 is 19.5 Å². The van der Waals surface area contributed by atoms with E-state index in [9.17, 15) is 14.4 Å². The molecule has 0 spiro atoms. The number of hydrogen-bond acceptors (Lipinski definition) is 4. The Morgan fingerprint density at radius 2 is 2.15 bits per heavy atom. The lowest BCUT2D eigenvalue weighted by atomic mass is 10.0. The van der Waals surface area contributed by atoms with Gasteiger partial charge in [-0.25, -0.2) is 4.79 Å². The SMILES string of the molecule is CCC1C(=O)NC(=O)CN1c1ccc(C(=O)O)c(C)c1. The van der Waals surface area contributed by atoms with E-state index in [2.05, 4.69) is 5.32 Å². The summed E-state index contributed by atoms with van der Waals surface area (Å²) in [5.74, 6) is -1.66. The van der Waals surface area contributed by atoms with E-state index < -0.39 is 12.0 Å². The Hall–Kier alpha value is -2.37. The van der Waals surface area contributed by atoms with Gasteiger partial charge in [0.2, 0.25) is 11.8 Å². The van der Waals surface area contributed by atoms with Crippen molar-refractivity contribution in [2.24, 2.45) is 0 Å². The summed E-state index contributed by atoms with van der Waals surface area (Å²) in [6, 6.07) is 4.41. The van der Waals surface area contributed by atoms with Crippen LogP contribution in [0.15, 0.2) is 18.2 Å². The van der Waals surface area contributed by atoms with Crippen molar-refractivity contribution in [1.82, 2.24) is 5.32 Å². The van der Waals surface area contributed by atoms with Crippen LogP contribution in [0.5, 0.6) is 0 Å². The first-order valence-electron chi connectivity index (χ1n) is 6.38. The Kier molecular flexibility index (Phi) is 3.74. The van der Waals surface area contributed by atoms with Gasteiger partial charge in [0, 0.05) is 5.69 Å². The summed E-state index contributed by atoms with van der Waals surface area (Å²) in [4.78, 5) is 36.0. The van der Waals surface area contributed by atoms with Crippen molar-refractivity contribution >= 4 is 23.5 Å². The van der Waals surface area contributed by atoms with E-state index in [0.29, 0.717) is 17.7 Å². The molecule has 0 saturated carbocycles. The monoisotopic (exact) mass is 276 g/mol. The number of piperazine rings is 1. The molecule has 1 aliphatic heterocycles. The molecule has 0 bridgehead atoms. The molecule has 0 radical (unpaired) electrons. The van der Waals surface area contributed by atoms with Crippen molar-refractivity contribution in [2.75, 3.05) is 11.4 Å². The van der Waals surface area contributed by atoms with Crippen LogP contribution in [0.1, 0.15) is 29.3 Å². The number of anilines is 1. The molecule has 1 fully saturated rings. The number of benzene rings is 1. The second-order valence-electron chi connectivity index (χ2n) is 4.77. The first-order valence-corrected chi connectivity index (χ1v) is 6.38. The number of aromatic carboxylic acids is 1. The third-order valence-electron chi connectivity index (χ3n) is 3.41. The van der Waals surface area contributed by atoms with Gasteiger partial charge in [-0.2, -0.15) is 0 Å². The number of nitrogens with zero attached hydrogens (tertiary/aromatic N) is 1. The fourth-order valence-corrected chi connectivity index (χ4v) is 2.41. The zero-order chi connectivity index (χ0) is 14.9. The molecule has 20 heavy (non-hydrogen) atoms. The normalized spacial score (nSPS) is 18.9. The van der Waals surface area contributed by atoms with Crippen LogP contribution < -0.4 is 10.2 Å². The Balaban J connectivity index is 2.38. The smallest absolute Gasteiger partial charge is 0.335 e. The molecule has 1 saturated heterocycles. The van der Waals surface area contributed by atoms with Gasteiger partial charge in [0.25, 0.3) is 0 Å². The minimum absolute atomic E-state index is 0.0934. The molecule has 2 N–H and O–H groups in total. The van der Waals surface area contributed by atoms with Crippen LogP contribution in [0.3, 0.4) is 0 Å². The van der Waals surface area contributed by atoms with Crippen LogP contribution in [-0.4, -0.2) is 35.5 Å². The molecular formula is C14H16N2O4. The number of carbonyl (C=O) groups excluding carboxylic acids is 2. The van der Waals surface area contributed by atoms with E-state index in [1.165, 1.54) is 6.07 Å². The summed E-state index contributed by atoms with van der Waals surface area (Å²) >= 11 is 0. The van der Waals surface area contributed by atoms with Gasteiger partial charge in [0.05, 0.1) is 12.1 Å². The van der Waals surface area contributed by atoms with Crippen LogP contribution in [0.25, 0.3) is 0 Å². The largest absolute Gasteiger partial charge is 0.478 e. The van der Waals surface area contributed by atoms with Crippen LogP contribution in [0.2, 0.25) is 0 Å². The van der Waals surface area contributed by atoms with Crippen LogP contribution in [0, 0.1) is 6.92 Å². The fourth-order valence-electron chi connectivity index (χ4n) is 2.41. The van der Waals surface area contributed by atoms with Crippen molar-refractivity contribution in [3.63, 3.8) is 0 Å². The van der Waals surface area contributed by atoms with Gasteiger partial charge in [0.1, 0.15) is 6.04 Å². The second kappa shape index (κ2) is 5.32. The lowest BCUT2D eigenvalue weighted by molar-refractivity contribution is -0.132. The van der Waals surface area contributed by atoms with Crippen molar-refractivity contribution in [3.8, 4) is 0 Å². The van der Waals surface area contributed by atoms with Gasteiger partial charge in [0.15, 0.2) is 0 Å². The van der Waals surface area contributed by atoms with Crippen molar-refractivity contribution in [3.05, 3.63) is 29.3 Å². The van der Waals surface area contributed by atoms with E-state index in [0.717, 1.165) is 0 Å². The number of hydrogen-bond donors (Lipinski definition) is 2. The van der Waals surface area contributed by atoms with Gasteiger partial charge in [-0.3, -0.25) is 14.9 Å². The molecule has 106 valence electrons. The Morgan fingerprint density at radius 3 is 2.70 bits per heavy atom. The lowest BCUT2D eigenvalue weighted by Gasteiger charge is -2.35. The lowest BCUT2D eigenvalue weighted by Crippen LogP contribution is -2.58. The number of carboxylic acid groups (broad SMARTS) is 1. The van der Waals surface area contributed by atoms with Crippen LogP contribution >= 0.6 is 0 Å². The zero-order valence-corrected chi connectivity index (χ0v) is 11.3.